The number of hydrogen-bond donors (Lipinski definition) is 1. The van der Waals surface area contributed by atoms with Gasteiger partial charge in [-0.05, 0) is 19.1 Å². The van der Waals surface area contributed by atoms with Gasteiger partial charge in [-0.3, -0.25) is 0 Å². The lowest BCUT2D eigenvalue weighted by molar-refractivity contribution is 0.0377. The van der Waals surface area contributed by atoms with Crippen LogP contribution in [0.3, 0.4) is 0 Å². The fraction of sp³-hybridized carbons (Fsp3) is 1.00. The number of aliphatic hydroxyl groups is 1. The molecule has 0 fully saturated rings. The fourth-order valence-corrected chi connectivity index (χ4v) is 1.38. The van der Waals surface area contributed by atoms with Crippen molar-refractivity contribution in [2.75, 3.05) is 12.0 Å². The van der Waals surface area contributed by atoms with Crippen LogP contribution in [-0.4, -0.2) is 22.7 Å². The maximum Gasteiger partial charge on any atom is 0.0732 e. The Morgan fingerprint density at radius 3 is 2.11 bits per heavy atom. The second-order valence-electron chi connectivity index (χ2n) is 2.94. The van der Waals surface area contributed by atoms with Gasteiger partial charge >= 0.3 is 0 Å². The highest BCUT2D eigenvalue weighted by atomic mass is 32.2. The molecular weight excluding hydrogens is 132 g/mol. The molecule has 2 heteroatoms. The van der Waals surface area contributed by atoms with E-state index in [0.29, 0.717) is 5.92 Å². The second kappa shape index (κ2) is 3.47. The van der Waals surface area contributed by atoms with Gasteiger partial charge in [-0.15, -0.1) is 0 Å². The zero-order valence-corrected chi connectivity index (χ0v) is 7.46. The molecule has 0 heterocycles. The van der Waals surface area contributed by atoms with Crippen molar-refractivity contribution in [3.8, 4) is 0 Å². The van der Waals surface area contributed by atoms with E-state index in [-0.39, 0.29) is 0 Å². The molecule has 0 rings (SSSR count). The quantitative estimate of drug-likeness (QED) is 0.658. The average molecular weight is 148 g/mol. The van der Waals surface area contributed by atoms with Crippen molar-refractivity contribution in [2.45, 2.75) is 26.4 Å². The van der Waals surface area contributed by atoms with Crippen LogP contribution >= 0.6 is 11.8 Å². The first-order valence-corrected chi connectivity index (χ1v) is 4.61. The molecule has 0 aliphatic heterocycles. The molecule has 0 aromatic rings. The highest BCUT2D eigenvalue weighted by Gasteiger charge is 2.23. The molecule has 0 aromatic carbocycles. The Hall–Kier alpha value is 0.310. The van der Waals surface area contributed by atoms with Crippen molar-refractivity contribution in [2.24, 2.45) is 5.92 Å². The monoisotopic (exact) mass is 148 g/mol. The van der Waals surface area contributed by atoms with Crippen LogP contribution in [0.5, 0.6) is 0 Å². The van der Waals surface area contributed by atoms with E-state index in [2.05, 4.69) is 0 Å². The Bertz CT molecular complexity index is 79.0. The summed E-state index contributed by atoms with van der Waals surface area (Å²) < 4.78 is 0. The standard InChI is InChI=1S/C7H16OS/c1-6(2)7(3,8)5-9-4/h6,8H,5H2,1-4H3. The van der Waals surface area contributed by atoms with Crippen LogP contribution in [0.2, 0.25) is 0 Å². The van der Waals surface area contributed by atoms with Crippen LogP contribution in [-0.2, 0) is 0 Å². The van der Waals surface area contributed by atoms with E-state index in [1.165, 1.54) is 0 Å². The fourth-order valence-electron chi connectivity index (χ4n) is 0.459. The van der Waals surface area contributed by atoms with E-state index < -0.39 is 5.60 Å². The van der Waals surface area contributed by atoms with E-state index in [1.54, 1.807) is 11.8 Å². The number of rotatable bonds is 3. The molecule has 1 N–H and O–H groups in total. The highest BCUT2D eigenvalue weighted by Crippen LogP contribution is 2.19. The van der Waals surface area contributed by atoms with Crippen molar-refractivity contribution < 1.29 is 5.11 Å². The van der Waals surface area contributed by atoms with E-state index in [0.717, 1.165) is 5.75 Å². The van der Waals surface area contributed by atoms with E-state index >= 15 is 0 Å². The van der Waals surface area contributed by atoms with Gasteiger partial charge < -0.3 is 5.11 Å². The number of thioether (sulfide) groups is 1. The molecule has 0 aromatic heterocycles. The van der Waals surface area contributed by atoms with E-state index in [9.17, 15) is 5.11 Å². The third-order valence-corrected chi connectivity index (χ3v) is 2.55. The van der Waals surface area contributed by atoms with Crippen molar-refractivity contribution >= 4 is 11.8 Å². The van der Waals surface area contributed by atoms with Gasteiger partial charge in [-0.2, -0.15) is 11.8 Å². The van der Waals surface area contributed by atoms with Gasteiger partial charge in [-0.1, -0.05) is 13.8 Å². The molecule has 1 unspecified atom stereocenters. The third kappa shape index (κ3) is 3.11. The molecule has 0 aliphatic rings. The normalized spacial score (nSPS) is 18.0. The van der Waals surface area contributed by atoms with Crippen LogP contribution in [0, 0.1) is 5.92 Å². The van der Waals surface area contributed by atoms with Crippen LogP contribution in [0.15, 0.2) is 0 Å². The molecule has 0 radical (unpaired) electrons. The molecule has 56 valence electrons. The molecule has 0 amide bonds. The molecular formula is C7H16OS. The van der Waals surface area contributed by atoms with Crippen LogP contribution in [0.4, 0.5) is 0 Å². The third-order valence-electron chi connectivity index (χ3n) is 1.68. The van der Waals surface area contributed by atoms with Crippen molar-refractivity contribution in [3.05, 3.63) is 0 Å². The summed E-state index contributed by atoms with van der Waals surface area (Å²) in [6.07, 6.45) is 2.01. The summed E-state index contributed by atoms with van der Waals surface area (Å²) in [6, 6.07) is 0. The van der Waals surface area contributed by atoms with Gasteiger partial charge in [0.05, 0.1) is 5.60 Å². The lowest BCUT2D eigenvalue weighted by atomic mass is 9.95. The molecule has 9 heavy (non-hydrogen) atoms. The summed E-state index contributed by atoms with van der Waals surface area (Å²) in [4.78, 5) is 0. The van der Waals surface area contributed by atoms with Gasteiger partial charge in [0, 0.05) is 5.75 Å². The first-order chi connectivity index (χ1) is 4.00. The van der Waals surface area contributed by atoms with Gasteiger partial charge in [0.25, 0.3) is 0 Å². The summed E-state index contributed by atoms with van der Waals surface area (Å²) in [5.74, 6) is 1.18. The predicted octanol–water partition coefficient (Wildman–Crippen LogP) is 1.76. The van der Waals surface area contributed by atoms with Crippen LogP contribution < -0.4 is 0 Å². The van der Waals surface area contributed by atoms with E-state index in [1.807, 2.05) is 27.0 Å². The lowest BCUT2D eigenvalue weighted by Gasteiger charge is -2.26. The minimum absolute atomic E-state index is 0.352. The van der Waals surface area contributed by atoms with Gasteiger partial charge in [-0.25, -0.2) is 0 Å². The molecule has 1 atom stereocenters. The van der Waals surface area contributed by atoms with Crippen molar-refractivity contribution in [3.63, 3.8) is 0 Å². The zero-order chi connectivity index (χ0) is 7.49. The lowest BCUT2D eigenvalue weighted by Crippen LogP contribution is -2.33. The summed E-state index contributed by atoms with van der Waals surface area (Å²) in [5.41, 5.74) is -0.487. The largest absolute Gasteiger partial charge is 0.389 e. The van der Waals surface area contributed by atoms with Gasteiger partial charge in [0.2, 0.25) is 0 Å². The Balaban J connectivity index is 3.70. The molecule has 0 aliphatic carbocycles. The van der Waals surface area contributed by atoms with Crippen LogP contribution in [0.25, 0.3) is 0 Å². The summed E-state index contributed by atoms with van der Waals surface area (Å²) >= 11 is 1.69. The minimum atomic E-state index is -0.487. The topological polar surface area (TPSA) is 20.2 Å². The minimum Gasteiger partial charge on any atom is -0.389 e. The SMILES string of the molecule is CSCC(C)(O)C(C)C. The highest BCUT2D eigenvalue weighted by molar-refractivity contribution is 7.98. The van der Waals surface area contributed by atoms with Crippen molar-refractivity contribution in [1.29, 1.82) is 0 Å². The Morgan fingerprint density at radius 1 is 1.56 bits per heavy atom. The average Bonchev–Trinajstić information content (AvgIpc) is 1.65. The summed E-state index contributed by atoms with van der Waals surface area (Å²) in [5, 5.41) is 9.57. The first-order valence-electron chi connectivity index (χ1n) is 3.22. The predicted molar refractivity (Wildman–Crippen MR) is 43.8 cm³/mol. The van der Waals surface area contributed by atoms with Crippen molar-refractivity contribution in [1.82, 2.24) is 0 Å². The molecule has 0 bridgehead atoms. The van der Waals surface area contributed by atoms with Gasteiger partial charge in [0.15, 0.2) is 0 Å². The van der Waals surface area contributed by atoms with Gasteiger partial charge in [0.1, 0.15) is 0 Å². The number of hydrogen-bond acceptors (Lipinski definition) is 2. The first kappa shape index (κ1) is 9.31. The molecule has 1 nitrogen and oxygen atoms in total. The zero-order valence-electron chi connectivity index (χ0n) is 6.64. The molecule has 0 saturated carbocycles. The summed E-state index contributed by atoms with van der Waals surface area (Å²) in [6.45, 7) is 5.96. The van der Waals surface area contributed by atoms with Crippen LogP contribution in [0.1, 0.15) is 20.8 Å². The Labute approximate surface area is 61.8 Å². The van der Waals surface area contributed by atoms with E-state index in [4.69, 9.17) is 0 Å². The smallest absolute Gasteiger partial charge is 0.0732 e. The Kier molecular flexibility index (Phi) is 3.59. The maximum atomic E-state index is 9.57. The molecule has 0 saturated heterocycles. The maximum absolute atomic E-state index is 9.57. The second-order valence-corrected chi connectivity index (χ2v) is 3.81. The summed E-state index contributed by atoms with van der Waals surface area (Å²) in [7, 11) is 0. The Morgan fingerprint density at radius 2 is 2.00 bits per heavy atom. The molecule has 0 spiro atoms.